The maximum Gasteiger partial charge on any atom is 0.317 e. The third-order valence-corrected chi connectivity index (χ3v) is 4.13. The van der Waals surface area contributed by atoms with E-state index in [0.717, 1.165) is 0 Å². The Kier molecular flexibility index (Phi) is 7.55. The highest BCUT2D eigenvalue weighted by molar-refractivity contribution is 6.21. The summed E-state index contributed by atoms with van der Waals surface area (Å²) < 4.78 is 10.0. The molecule has 0 spiro atoms. The number of nitrogens with one attached hydrogen (secondary N) is 1. The van der Waals surface area contributed by atoms with E-state index >= 15 is 0 Å². The number of carbonyl (C=O) groups excluding carboxylic acids is 3. The first kappa shape index (κ1) is 19.9. The Bertz CT molecular complexity index is 606. The molecule has 0 unspecified atom stereocenters. The minimum absolute atomic E-state index is 0.221. The number of imide groups is 1. The Balaban J connectivity index is 1.78. The van der Waals surface area contributed by atoms with Gasteiger partial charge in [0.25, 0.3) is 11.8 Å². The molecule has 26 heavy (non-hydrogen) atoms. The smallest absolute Gasteiger partial charge is 0.317 e. The van der Waals surface area contributed by atoms with E-state index in [4.69, 9.17) is 9.47 Å². The number of rotatable bonds is 10. The van der Waals surface area contributed by atoms with Gasteiger partial charge in [-0.2, -0.15) is 0 Å². The van der Waals surface area contributed by atoms with Crippen molar-refractivity contribution in [1.82, 2.24) is 15.1 Å². The predicted octanol–water partition coefficient (Wildman–Crippen LogP) is 0.977. The van der Waals surface area contributed by atoms with Crippen LogP contribution in [0.25, 0.3) is 0 Å². The van der Waals surface area contributed by atoms with Gasteiger partial charge in [-0.05, 0) is 18.6 Å². The second-order valence-corrected chi connectivity index (χ2v) is 5.87. The van der Waals surface area contributed by atoms with E-state index in [1.807, 2.05) is 0 Å². The number of urea groups is 1. The molecular weight excluding hydrogens is 338 g/mol. The molecule has 0 aliphatic carbocycles. The molecule has 2 rings (SSSR count). The summed E-state index contributed by atoms with van der Waals surface area (Å²) in [5, 5.41) is 2.80. The van der Waals surface area contributed by atoms with Gasteiger partial charge in [0.05, 0.1) is 24.3 Å². The number of carbonyl (C=O) groups is 3. The molecule has 1 aliphatic heterocycles. The summed E-state index contributed by atoms with van der Waals surface area (Å²) in [6.45, 7) is 2.43. The van der Waals surface area contributed by atoms with Crippen LogP contribution >= 0.6 is 0 Å². The lowest BCUT2D eigenvalue weighted by atomic mass is 10.1. The van der Waals surface area contributed by atoms with Crippen molar-refractivity contribution >= 4 is 17.8 Å². The SMILES string of the molecule is COCCN(CCOC)C(=O)NCCCN1C(=O)c2ccccc2C1=O. The molecule has 0 atom stereocenters. The van der Waals surface area contributed by atoms with Crippen molar-refractivity contribution < 1.29 is 23.9 Å². The van der Waals surface area contributed by atoms with Gasteiger partial charge in [-0.3, -0.25) is 14.5 Å². The lowest BCUT2D eigenvalue weighted by Gasteiger charge is -2.22. The Hall–Kier alpha value is -2.45. The van der Waals surface area contributed by atoms with Crippen molar-refractivity contribution in [1.29, 1.82) is 0 Å². The highest BCUT2D eigenvalue weighted by atomic mass is 16.5. The van der Waals surface area contributed by atoms with Gasteiger partial charge < -0.3 is 19.7 Å². The van der Waals surface area contributed by atoms with Crippen molar-refractivity contribution in [3.05, 3.63) is 35.4 Å². The maximum absolute atomic E-state index is 12.3. The standard InChI is InChI=1S/C18H25N3O5/c1-25-12-10-20(11-13-26-2)18(24)19-8-5-9-21-16(22)14-6-3-4-7-15(14)17(21)23/h3-4,6-7H,5,8-13H2,1-2H3,(H,19,24). The minimum atomic E-state index is -0.279. The average Bonchev–Trinajstić information content (AvgIpc) is 2.90. The Labute approximate surface area is 153 Å². The molecule has 1 N–H and O–H groups in total. The van der Waals surface area contributed by atoms with E-state index < -0.39 is 0 Å². The normalized spacial score (nSPS) is 13.1. The van der Waals surface area contributed by atoms with Crippen LogP contribution in [0.4, 0.5) is 4.79 Å². The zero-order chi connectivity index (χ0) is 18.9. The van der Waals surface area contributed by atoms with E-state index in [9.17, 15) is 14.4 Å². The molecule has 4 amide bonds. The average molecular weight is 363 g/mol. The van der Waals surface area contributed by atoms with Gasteiger partial charge in [0.15, 0.2) is 0 Å². The van der Waals surface area contributed by atoms with Crippen LogP contribution in [0.15, 0.2) is 24.3 Å². The molecule has 0 saturated carbocycles. The first-order valence-electron chi connectivity index (χ1n) is 8.56. The largest absolute Gasteiger partial charge is 0.383 e. The molecule has 0 bridgehead atoms. The minimum Gasteiger partial charge on any atom is -0.383 e. The molecule has 142 valence electrons. The molecule has 1 heterocycles. The first-order chi connectivity index (χ1) is 12.6. The van der Waals surface area contributed by atoms with E-state index in [1.54, 1.807) is 43.4 Å². The van der Waals surface area contributed by atoms with Crippen molar-refractivity contribution in [3.8, 4) is 0 Å². The van der Waals surface area contributed by atoms with Crippen molar-refractivity contribution in [2.45, 2.75) is 6.42 Å². The third kappa shape index (κ3) is 4.80. The number of nitrogens with zero attached hydrogens (tertiary/aromatic N) is 2. The predicted molar refractivity (Wildman–Crippen MR) is 95.1 cm³/mol. The Morgan fingerprint density at radius 1 is 1.04 bits per heavy atom. The van der Waals surface area contributed by atoms with E-state index in [1.165, 1.54) is 4.90 Å². The number of hydrogen-bond donors (Lipinski definition) is 1. The zero-order valence-corrected chi connectivity index (χ0v) is 15.2. The van der Waals surface area contributed by atoms with Gasteiger partial charge in [-0.15, -0.1) is 0 Å². The first-order valence-corrected chi connectivity index (χ1v) is 8.56. The van der Waals surface area contributed by atoms with Crippen LogP contribution in [0.1, 0.15) is 27.1 Å². The summed E-state index contributed by atoms with van der Waals surface area (Å²) in [5.74, 6) is -0.558. The third-order valence-electron chi connectivity index (χ3n) is 4.13. The zero-order valence-electron chi connectivity index (χ0n) is 15.2. The molecule has 1 aliphatic rings. The second kappa shape index (κ2) is 9.88. The van der Waals surface area contributed by atoms with Crippen LogP contribution in [0.2, 0.25) is 0 Å². The van der Waals surface area contributed by atoms with E-state index in [0.29, 0.717) is 50.4 Å². The molecule has 0 aromatic heterocycles. The number of amides is 4. The number of fused-ring (bicyclic) bond motifs is 1. The van der Waals surface area contributed by atoms with Crippen LogP contribution < -0.4 is 5.32 Å². The topological polar surface area (TPSA) is 88.2 Å². The van der Waals surface area contributed by atoms with Gasteiger partial charge in [-0.25, -0.2) is 4.79 Å². The molecule has 0 radical (unpaired) electrons. The highest BCUT2D eigenvalue weighted by Gasteiger charge is 2.34. The number of methoxy groups -OCH3 is 2. The fraction of sp³-hybridized carbons (Fsp3) is 0.500. The molecule has 1 aromatic rings. The molecule has 0 fully saturated rings. The van der Waals surface area contributed by atoms with Crippen molar-refractivity contribution in [2.24, 2.45) is 0 Å². The van der Waals surface area contributed by atoms with Crippen LogP contribution in [-0.4, -0.2) is 81.3 Å². The van der Waals surface area contributed by atoms with Crippen LogP contribution in [0.5, 0.6) is 0 Å². The Morgan fingerprint density at radius 2 is 1.58 bits per heavy atom. The van der Waals surface area contributed by atoms with Gasteiger partial charge in [0.2, 0.25) is 0 Å². The fourth-order valence-corrected chi connectivity index (χ4v) is 2.70. The summed E-state index contributed by atoms with van der Waals surface area (Å²) in [4.78, 5) is 39.6. The van der Waals surface area contributed by atoms with Crippen LogP contribution in [0, 0.1) is 0 Å². The lowest BCUT2D eigenvalue weighted by molar-refractivity contribution is 0.0653. The summed E-state index contributed by atoms with van der Waals surface area (Å²) in [7, 11) is 3.16. The molecular formula is C18H25N3O5. The molecule has 1 aromatic carbocycles. The van der Waals surface area contributed by atoms with E-state index in [2.05, 4.69) is 5.32 Å². The fourth-order valence-electron chi connectivity index (χ4n) is 2.70. The number of hydrogen-bond acceptors (Lipinski definition) is 5. The maximum atomic E-state index is 12.3. The molecule has 0 saturated heterocycles. The lowest BCUT2D eigenvalue weighted by Crippen LogP contribution is -2.44. The molecule has 8 nitrogen and oxygen atoms in total. The highest BCUT2D eigenvalue weighted by Crippen LogP contribution is 2.22. The van der Waals surface area contributed by atoms with Gasteiger partial charge in [0.1, 0.15) is 0 Å². The number of benzene rings is 1. The summed E-state index contributed by atoms with van der Waals surface area (Å²) >= 11 is 0. The van der Waals surface area contributed by atoms with Gasteiger partial charge >= 0.3 is 6.03 Å². The van der Waals surface area contributed by atoms with Crippen molar-refractivity contribution in [3.63, 3.8) is 0 Å². The molecule has 8 heteroatoms. The quantitative estimate of drug-likeness (QED) is 0.494. The Morgan fingerprint density at radius 3 is 2.08 bits per heavy atom. The van der Waals surface area contributed by atoms with Crippen LogP contribution in [0.3, 0.4) is 0 Å². The van der Waals surface area contributed by atoms with Gasteiger partial charge in [0, 0.05) is 40.4 Å². The summed E-state index contributed by atoms with van der Waals surface area (Å²) in [6.07, 6.45) is 0.486. The van der Waals surface area contributed by atoms with Crippen LogP contribution in [-0.2, 0) is 9.47 Å². The monoisotopic (exact) mass is 363 g/mol. The van der Waals surface area contributed by atoms with Gasteiger partial charge in [-0.1, -0.05) is 12.1 Å². The number of ether oxygens (including phenoxy) is 2. The second-order valence-electron chi connectivity index (χ2n) is 5.87. The summed E-state index contributed by atoms with van der Waals surface area (Å²) in [5.41, 5.74) is 0.874. The summed E-state index contributed by atoms with van der Waals surface area (Å²) in [6, 6.07) is 6.56. The van der Waals surface area contributed by atoms with Crippen molar-refractivity contribution in [2.75, 3.05) is 53.6 Å². The van der Waals surface area contributed by atoms with E-state index in [-0.39, 0.29) is 24.4 Å².